The second kappa shape index (κ2) is 7.85. The molecule has 2 saturated heterocycles. The van der Waals surface area contributed by atoms with Gasteiger partial charge in [-0.3, -0.25) is 9.78 Å². The van der Waals surface area contributed by atoms with Gasteiger partial charge in [0.15, 0.2) is 0 Å². The Kier molecular flexibility index (Phi) is 5.13. The van der Waals surface area contributed by atoms with Gasteiger partial charge in [0.2, 0.25) is 0 Å². The fourth-order valence-electron chi connectivity index (χ4n) is 3.69. The lowest BCUT2D eigenvalue weighted by Gasteiger charge is -2.36. The molecule has 2 aliphatic rings. The molecule has 4 rings (SSSR count). The number of hydrogen-bond acceptors (Lipinski definition) is 7. The molecule has 8 nitrogen and oxygen atoms in total. The molecule has 0 saturated carbocycles. The molecule has 0 spiro atoms. The standard InChI is InChI=1S/C19H25N7O/c1-15-22-17(24-7-3-2-4-8-24)13-18(23-15)25-9-11-26(12-10-25)19(27)16-14-20-5-6-21-16/h5-6,13-14H,2-4,7-12H2,1H3. The van der Waals surface area contributed by atoms with Crippen LogP contribution in [0.4, 0.5) is 11.6 Å². The number of anilines is 2. The molecule has 1 amide bonds. The number of carbonyl (C=O) groups is 1. The summed E-state index contributed by atoms with van der Waals surface area (Å²) in [6.45, 7) is 6.89. The molecule has 0 bridgehead atoms. The zero-order chi connectivity index (χ0) is 18.6. The normalized spacial score (nSPS) is 17.9. The maximum Gasteiger partial charge on any atom is 0.274 e. The smallest absolute Gasteiger partial charge is 0.274 e. The van der Waals surface area contributed by atoms with Crippen LogP contribution in [0.3, 0.4) is 0 Å². The summed E-state index contributed by atoms with van der Waals surface area (Å²) in [5.74, 6) is 2.71. The van der Waals surface area contributed by atoms with Crippen LogP contribution in [-0.2, 0) is 0 Å². The number of nitrogens with zero attached hydrogens (tertiary/aromatic N) is 7. The van der Waals surface area contributed by atoms with Gasteiger partial charge in [0, 0.05) is 57.7 Å². The molecule has 0 aromatic carbocycles. The van der Waals surface area contributed by atoms with Gasteiger partial charge in [-0.2, -0.15) is 0 Å². The van der Waals surface area contributed by atoms with Crippen LogP contribution in [0.15, 0.2) is 24.7 Å². The van der Waals surface area contributed by atoms with Crippen molar-refractivity contribution in [1.82, 2.24) is 24.8 Å². The molecule has 8 heteroatoms. The van der Waals surface area contributed by atoms with Crippen molar-refractivity contribution in [3.05, 3.63) is 36.2 Å². The first-order chi connectivity index (χ1) is 13.2. The molecule has 2 aliphatic heterocycles. The van der Waals surface area contributed by atoms with Crippen LogP contribution in [-0.4, -0.2) is 70.0 Å². The monoisotopic (exact) mass is 367 g/mol. The lowest BCUT2D eigenvalue weighted by Crippen LogP contribution is -2.49. The zero-order valence-electron chi connectivity index (χ0n) is 15.7. The maximum absolute atomic E-state index is 12.5. The zero-order valence-corrected chi connectivity index (χ0v) is 15.7. The molecule has 2 aromatic heterocycles. The van der Waals surface area contributed by atoms with Crippen molar-refractivity contribution in [3.63, 3.8) is 0 Å². The average molecular weight is 367 g/mol. The van der Waals surface area contributed by atoms with Gasteiger partial charge in [-0.25, -0.2) is 15.0 Å². The highest BCUT2D eigenvalue weighted by Gasteiger charge is 2.24. The molecule has 0 radical (unpaired) electrons. The van der Waals surface area contributed by atoms with Gasteiger partial charge in [0.05, 0.1) is 6.20 Å². The average Bonchev–Trinajstić information content (AvgIpc) is 2.74. The molecule has 4 heterocycles. The van der Waals surface area contributed by atoms with Gasteiger partial charge in [-0.05, 0) is 26.2 Å². The Hall–Kier alpha value is -2.77. The van der Waals surface area contributed by atoms with Gasteiger partial charge in [-0.15, -0.1) is 0 Å². The summed E-state index contributed by atoms with van der Waals surface area (Å²) in [4.78, 5) is 36.3. The van der Waals surface area contributed by atoms with Crippen molar-refractivity contribution in [2.75, 3.05) is 49.1 Å². The third-order valence-electron chi connectivity index (χ3n) is 5.16. The molecule has 0 aliphatic carbocycles. The van der Waals surface area contributed by atoms with E-state index < -0.39 is 0 Å². The molecule has 0 N–H and O–H groups in total. The lowest BCUT2D eigenvalue weighted by molar-refractivity contribution is 0.0740. The highest BCUT2D eigenvalue weighted by atomic mass is 16.2. The fraction of sp³-hybridized carbons (Fsp3) is 0.526. The molecular weight excluding hydrogens is 342 g/mol. The number of aromatic nitrogens is 4. The van der Waals surface area contributed by atoms with Crippen LogP contribution in [0.2, 0.25) is 0 Å². The highest BCUT2D eigenvalue weighted by molar-refractivity contribution is 5.92. The predicted molar refractivity (Wildman–Crippen MR) is 103 cm³/mol. The summed E-state index contributed by atoms with van der Waals surface area (Å²) in [6, 6.07) is 2.10. The van der Waals surface area contributed by atoms with E-state index in [4.69, 9.17) is 0 Å². The van der Waals surface area contributed by atoms with Crippen LogP contribution in [0, 0.1) is 6.92 Å². The van der Waals surface area contributed by atoms with E-state index in [0.717, 1.165) is 43.6 Å². The Labute approximate surface area is 159 Å². The SMILES string of the molecule is Cc1nc(N2CCCCC2)cc(N2CCN(C(=O)c3cnccn3)CC2)n1. The minimum Gasteiger partial charge on any atom is -0.356 e. The molecule has 0 unspecified atom stereocenters. The van der Waals surface area contributed by atoms with Crippen LogP contribution in [0.25, 0.3) is 0 Å². The number of hydrogen-bond donors (Lipinski definition) is 0. The first kappa shape index (κ1) is 17.6. The largest absolute Gasteiger partial charge is 0.356 e. The predicted octanol–water partition coefficient (Wildman–Crippen LogP) is 1.53. The van der Waals surface area contributed by atoms with Crippen molar-refractivity contribution in [2.45, 2.75) is 26.2 Å². The van der Waals surface area contributed by atoms with Gasteiger partial charge < -0.3 is 14.7 Å². The van der Waals surface area contributed by atoms with Crippen LogP contribution >= 0.6 is 0 Å². The van der Waals surface area contributed by atoms with Crippen molar-refractivity contribution < 1.29 is 4.79 Å². The molecule has 142 valence electrons. The maximum atomic E-state index is 12.5. The highest BCUT2D eigenvalue weighted by Crippen LogP contribution is 2.23. The van der Waals surface area contributed by atoms with E-state index in [1.807, 2.05) is 11.8 Å². The Morgan fingerprint density at radius 1 is 0.889 bits per heavy atom. The van der Waals surface area contributed by atoms with Crippen molar-refractivity contribution in [3.8, 4) is 0 Å². The van der Waals surface area contributed by atoms with Crippen LogP contribution in [0.5, 0.6) is 0 Å². The van der Waals surface area contributed by atoms with Crippen molar-refractivity contribution in [1.29, 1.82) is 0 Å². The Bertz CT molecular complexity index is 784. The van der Waals surface area contributed by atoms with E-state index in [1.165, 1.54) is 25.5 Å². The van der Waals surface area contributed by atoms with E-state index in [9.17, 15) is 4.79 Å². The van der Waals surface area contributed by atoms with Crippen molar-refractivity contribution in [2.24, 2.45) is 0 Å². The summed E-state index contributed by atoms with van der Waals surface area (Å²) in [5, 5.41) is 0. The van der Waals surface area contributed by atoms with E-state index >= 15 is 0 Å². The van der Waals surface area contributed by atoms with Gasteiger partial charge in [0.1, 0.15) is 23.2 Å². The first-order valence-electron chi connectivity index (χ1n) is 9.61. The quantitative estimate of drug-likeness (QED) is 0.814. The van der Waals surface area contributed by atoms with E-state index in [2.05, 4.69) is 35.8 Å². The van der Waals surface area contributed by atoms with E-state index in [1.54, 1.807) is 12.4 Å². The summed E-state index contributed by atoms with van der Waals surface area (Å²) >= 11 is 0. The van der Waals surface area contributed by atoms with Crippen LogP contribution < -0.4 is 9.80 Å². The second-order valence-electron chi connectivity index (χ2n) is 7.05. The minimum absolute atomic E-state index is 0.0596. The Balaban J connectivity index is 1.43. The number of amides is 1. The fourth-order valence-corrected chi connectivity index (χ4v) is 3.69. The lowest BCUT2D eigenvalue weighted by atomic mass is 10.1. The number of piperidine rings is 1. The number of aryl methyl sites for hydroxylation is 1. The number of piperazine rings is 1. The molecule has 2 fully saturated rings. The Morgan fingerprint density at radius 2 is 1.56 bits per heavy atom. The third-order valence-corrected chi connectivity index (χ3v) is 5.16. The third kappa shape index (κ3) is 3.99. The Morgan fingerprint density at radius 3 is 2.19 bits per heavy atom. The molecule has 0 atom stereocenters. The van der Waals surface area contributed by atoms with Crippen molar-refractivity contribution >= 4 is 17.5 Å². The van der Waals surface area contributed by atoms with Gasteiger partial charge in [-0.1, -0.05) is 0 Å². The number of rotatable bonds is 3. The topological polar surface area (TPSA) is 78.4 Å². The first-order valence-corrected chi connectivity index (χ1v) is 9.61. The van der Waals surface area contributed by atoms with Crippen LogP contribution in [0.1, 0.15) is 35.6 Å². The summed E-state index contributed by atoms with van der Waals surface area (Å²) in [6.07, 6.45) is 8.40. The summed E-state index contributed by atoms with van der Waals surface area (Å²) in [5.41, 5.74) is 0.399. The van der Waals surface area contributed by atoms with Gasteiger partial charge >= 0.3 is 0 Å². The van der Waals surface area contributed by atoms with E-state index in [0.29, 0.717) is 18.8 Å². The molecule has 2 aromatic rings. The molecule has 27 heavy (non-hydrogen) atoms. The number of carbonyl (C=O) groups excluding carboxylic acids is 1. The minimum atomic E-state index is -0.0596. The summed E-state index contributed by atoms with van der Waals surface area (Å²) in [7, 11) is 0. The second-order valence-corrected chi connectivity index (χ2v) is 7.05. The summed E-state index contributed by atoms with van der Waals surface area (Å²) < 4.78 is 0. The van der Waals surface area contributed by atoms with E-state index in [-0.39, 0.29) is 5.91 Å². The molecular formula is C19H25N7O. The van der Waals surface area contributed by atoms with Gasteiger partial charge in [0.25, 0.3) is 5.91 Å².